The standard InChI is InChI=1S/C28H29Cl3N2O2/c1-3-19(2)32-28(35)26(16-20-9-5-4-6-10-20)33(18-22-11-7-8-12-23(22)29)27(34)17-21-13-14-24(30)25(31)15-21/h4-15,19,26H,3,16-18H2,1-2H3,(H,32,35)/t19-,26-/m0/s1. The fraction of sp³-hybridized carbons (Fsp3) is 0.286. The third kappa shape index (κ3) is 7.73. The number of halogens is 3. The molecule has 2 atom stereocenters. The molecule has 3 aromatic rings. The predicted octanol–water partition coefficient (Wildman–Crippen LogP) is 6.74. The van der Waals surface area contributed by atoms with Gasteiger partial charge in [-0.1, -0.05) is 96.3 Å². The second-order valence-electron chi connectivity index (χ2n) is 8.56. The number of hydrogen-bond acceptors (Lipinski definition) is 2. The molecule has 0 saturated carbocycles. The number of benzene rings is 3. The Hall–Kier alpha value is -2.53. The summed E-state index contributed by atoms with van der Waals surface area (Å²) in [6, 6.07) is 21.4. The van der Waals surface area contributed by atoms with Gasteiger partial charge >= 0.3 is 0 Å². The van der Waals surface area contributed by atoms with Crippen LogP contribution >= 0.6 is 34.8 Å². The molecule has 3 rings (SSSR count). The second-order valence-corrected chi connectivity index (χ2v) is 9.78. The number of hydrogen-bond donors (Lipinski definition) is 1. The molecule has 35 heavy (non-hydrogen) atoms. The van der Waals surface area contributed by atoms with Crippen molar-refractivity contribution in [3.05, 3.63) is 105 Å². The molecular formula is C28H29Cl3N2O2. The predicted molar refractivity (Wildman–Crippen MR) is 144 cm³/mol. The summed E-state index contributed by atoms with van der Waals surface area (Å²) in [6.45, 7) is 4.16. The van der Waals surface area contributed by atoms with Crippen molar-refractivity contribution in [2.45, 2.75) is 51.7 Å². The van der Waals surface area contributed by atoms with E-state index >= 15 is 0 Å². The van der Waals surface area contributed by atoms with E-state index in [4.69, 9.17) is 34.8 Å². The first-order valence-corrected chi connectivity index (χ1v) is 12.7. The summed E-state index contributed by atoms with van der Waals surface area (Å²) in [4.78, 5) is 28.9. The van der Waals surface area contributed by atoms with E-state index < -0.39 is 6.04 Å². The van der Waals surface area contributed by atoms with Crippen LogP contribution in [0.25, 0.3) is 0 Å². The van der Waals surface area contributed by atoms with E-state index in [0.717, 1.165) is 17.5 Å². The summed E-state index contributed by atoms with van der Waals surface area (Å²) in [6.07, 6.45) is 1.23. The fourth-order valence-electron chi connectivity index (χ4n) is 3.73. The lowest BCUT2D eigenvalue weighted by molar-refractivity contribution is -0.141. The molecule has 1 N–H and O–H groups in total. The first-order valence-electron chi connectivity index (χ1n) is 11.6. The molecule has 0 fully saturated rings. The van der Waals surface area contributed by atoms with Crippen LogP contribution < -0.4 is 5.32 Å². The third-order valence-electron chi connectivity index (χ3n) is 5.91. The Morgan fingerprint density at radius 3 is 2.20 bits per heavy atom. The van der Waals surface area contributed by atoms with Crippen LogP contribution in [0.4, 0.5) is 0 Å². The Bertz CT molecular complexity index is 1150. The van der Waals surface area contributed by atoms with Gasteiger partial charge in [0.25, 0.3) is 0 Å². The summed E-state index contributed by atoms with van der Waals surface area (Å²) < 4.78 is 0. The molecule has 0 saturated heterocycles. The van der Waals surface area contributed by atoms with Crippen LogP contribution in [-0.4, -0.2) is 28.8 Å². The molecule has 0 aliphatic rings. The van der Waals surface area contributed by atoms with E-state index in [2.05, 4.69) is 5.32 Å². The molecule has 0 unspecified atom stereocenters. The highest BCUT2D eigenvalue weighted by atomic mass is 35.5. The lowest BCUT2D eigenvalue weighted by Crippen LogP contribution is -2.52. The van der Waals surface area contributed by atoms with Crippen molar-refractivity contribution in [1.82, 2.24) is 10.2 Å². The molecule has 0 heterocycles. The molecule has 0 bridgehead atoms. The summed E-state index contributed by atoms with van der Waals surface area (Å²) in [5.74, 6) is -0.402. The van der Waals surface area contributed by atoms with Crippen molar-refractivity contribution in [3.63, 3.8) is 0 Å². The van der Waals surface area contributed by atoms with Gasteiger partial charge in [-0.3, -0.25) is 9.59 Å². The van der Waals surface area contributed by atoms with Crippen molar-refractivity contribution in [2.75, 3.05) is 0 Å². The molecule has 0 aliphatic heterocycles. The number of rotatable bonds is 10. The molecule has 0 spiro atoms. The van der Waals surface area contributed by atoms with Gasteiger partial charge in [0.05, 0.1) is 16.5 Å². The number of amides is 2. The molecular weight excluding hydrogens is 503 g/mol. The van der Waals surface area contributed by atoms with E-state index in [1.165, 1.54) is 0 Å². The summed E-state index contributed by atoms with van der Waals surface area (Å²) in [7, 11) is 0. The van der Waals surface area contributed by atoms with Crippen molar-refractivity contribution in [1.29, 1.82) is 0 Å². The van der Waals surface area contributed by atoms with E-state index in [1.54, 1.807) is 29.2 Å². The average Bonchev–Trinajstić information content (AvgIpc) is 2.85. The van der Waals surface area contributed by atoms with Crippen LogP contribution in [0.5, 0.6) is 0 Å². The van der Waals surface area contributed by atoms with E-state index in [-0.39, 0.29) is 30.8 Å². The monoisotopic (exact) mass is 530 g/mol. The largest absolute Gasteiger partial charge is 0.352 e. The smallest absolute Gasteiger partial charge is 0.243 e. The molecule has 3 aromatic carbocycles. The summed E-state index contributed by atoms with van der Waals surface area (Å²) in [5.41, 5.74) is 2.45. The molecule has 7 heteroatoms. The van der Waals surface area contributed by atoms with E-state index in [1.807, 2.05) is 62.4 Å². The minimum Gasteiger partial charge on any atom is -0.352 e. The summed E-state index contributed by atoms with van der Waals surface area (Å²) in [5, 5.41) is 4.41. The van der Waals surface area contributed by atoms with Gasteiger partial charge < -0.3 is 10.2 Å². The molecule has 2 amide bonds. The number of nitrogens with one attached hydrogen (secondary N) is 1. The maximum Gasteiger partial charge on any atom is 0.243 e. The lowest BCUT2D eigenvalue weighted by Gasteiger charge is -2.32. The molecule has 184 valence electrons. The van der Waals surface area contributed by atoms with Gasteiger partial charge in [-0.05, 0) is 48.2 Å². The van der Waals surface area contributed by atoms with Crippen LogP contribution in [0.2, 0.25) is 15.1 Å². The normalized spacial score (nSPS) is 12.6. The first-order chi connectivity index (χ1) is 16.8. The Kier molecular flexibility index (Phi) is 10.0. The molecule has 0 aromatic heterocycles. The zero-order valence-electron chi connectivity index (χ0n) is 19.8. The van der Waals surface area contributed by atoms with E-state index in [9.17, 15) is 9.59 Å². The second kappa shape index (κ2) is 13.0. The molecule has 4 nitrogen and oxygen atoms in total. The zero-order valence-corrected chi connectivity index (χ0v) is 22.1. The van der Waals surface area contributed by atoms with Crippen LogP contribution in [0, 0.1) is 0 Å². The average molecular weight is 532 g/mol. The highest BCUT2D eigenvalue weighted by Gasteiger charge is 2.31. The quantitative estimate of drug-likeness (QED) is 0.315. The van der Waals surface area contributed by atoms with Crippen molar-refractivity contribution in [2.24, 2.45) is 0 Å². The Morgan fingerprint density at radius 2 is 1.54 bits per heavy atom. The van der Waals surface area contributed by atoms with Crippen molar-refractivity contribution in [3.8, 4) is 0 Å². The molecule has 0 aliphatic carbocycles. The number of carbonyl (C=O) groups excluding carboxylic acids is 2. The molecule has 0 radical (unpaired) electrons. The van der Waals surface area contributed by atoms with Gasteiger partial charge in [0.1, 0.15) is 6.04 Å². The van der Waals surface area contributed by atoms with Gasteiger partial charge in [0, 0.05) is 24.0 Å². The maximum atomic E-state index is 13.7. The van der Waals surface area contributed by atoms with Gasteiger partial charge in [0.2, 0.25) is 11.8 Å². The first kappa shape index (κ1) is 27.1. The number of nitrogens with zero attached hydrogens (tertiary/aromatic N) is 1. The van der Waals surface area contributed by atoms with Crippen LogP contribution in [0.15, 0.2) is 72.8 Å². The minimum absolute atomic E-state index is 0.0203. The van der Waals surface area contributed by atoms with Gasteiger partial charge in [-0.25, -0.2) is 0 Å². The topological polar surface area (TPSA) is 49.4 Å². The SMILES string of the molecule is CC[C@H](C)NC(=O)[C@H](Cc1ccccc1)N(Cc1ccccc1Cl)C(=O)Cc1ccc(Cl)c(Cl)c1. The third-order valence-corrected chi connectivity index (χ3v) is 7.02. The van der Waals surface area contributed by atoms with Gasteiger partial charge in [-0.2, -0.15) is 0 Å². The van der Waals surface area contributed by atoms with Crippen LogP contribution in [0.3, 0.4) is 0 Å². The zero-order chi connectivity index (χ0) is 25.4. The fourth-order valence-corrected chi connectivity index (χ4v) is 4.25. The Morgan fingerprint density at radius 1 is 0.857 bits per heavy atom. The maximum absolute atomic E-state index is 13.7. The van der Waals surface area contributed by atoms with Crippen LogP contribution in [0.1, 0.15) is 37.0 Å². The number of carbonyl (C=O) groups is 2. The van der Waals surface area contributed by atoms with Crippen molar-refractivity contribution >= 4 is 46.6 Å². The van der Waals surface area contributed by atoms with Gasteiger partial charge in [-0.15, -0.1) is 0 Å². The summed E-state index contributed by atoms with van der Waals surface area (Å²) >= 11 is 18.7. The Labute approximate surface area is 222 Å². The Balaban J connectivity index is 1.99. The highest BCUT2D eigenvalue weighted by molar-refractivity contribution is 6.42. The lowest BCUT2D eigenvalue weighted by atomic mass is 10.0. The van der Waals surface area contributed by atoms with Crippen LogP contribution in [-0.2, 0) is 29.0 Å². The highest BCUT2D eigenvalue weighted by Crippen LogP contribution is 2.25. The van der Waals surface area contributed by atoms with Gasteiger partial charge in [0.15, 0.2) is 0 Å². The minimum atomic E-state index is -0.724. The van der Waals surface area contributed by atoms with E-state index in [0.29, 0.717) is 27.1 Å². The van der Waals surface area contributed by atoms with Crippen molar-refractivity contribution < 1.29 is 9.59 Å².